The van der Waals surface area contributed by atoms with E-state index in [0.29, 0.717) is 21.9 Å². The maximum absolute atomic E-state index is 12.7. The van der Waals surface area contributed by atoms with Crippen molar-refractivity contribution in [1.82, 2.24) is 9.38 Å². The largest absolute Gasteiger partial charge is 0.322 e. The molecule has 4 rings (SSSR count). The molecule has 2 aromatic heterocycles. The number of pyridine rings is 1. The smallest absolute Gasteiger partial charge is 0.256 e. The molecule has 0 unspecified atom stereocenters. The number of aromatic nitrogens is 2. The van der Waals surface area contributed by atoms with E-state index in [0.717, 1.165) is 16.9 Å². The minimum atomic E-state index is -1.19. The number of fused-ring (bicyclic) bond motifs is 1. The molecule has 0 aliphatic heterocycles. The van der Waals surface area contributed by atoms with Crippen LogP contribution >= 0.6 is 0 Å². The Kier molecular flexibility index (Phi) is 5.04. The van der Waals surface area contributed by atoms with Gasteiger partial charge in [0.2, 0.25) is 0 Å². The Morgan fingerprint density at radius 3 is 2.54 bits per heavy atom. The van der Waals surface area contributed by atoms with Gasteiger partial charge in [-0.1, -0.05) is 37.3 Å². The molecule has 6 heteroatoms. The van der Waals surface area contributed by atoms with E-state index in [-0.39, 0.29) is 5.91 Å². The summed E-state index contributed by atoms with van der Waals surface area (Å²) in [6, 6.07) is 20.4. The minimum Gasteiger partial charge on any atom is -0.322 e. The third kappa shape index (κ3) is 3.59. The van der Waals surface area contributed by atoms with Crippen LogP contribution < -0.4 is 5.32 Å². The van der Waals surface area contributed by atoms with Gasteiger partial charge in [0.1, 0.15) is 5.65 Å². The molecule has 5 nitrogen and oxygen atoms in total. The van der Waals surface area contributed by atoms with Gasteiger partial charge in [0.15, 0.2) is 0 Å². The zero-order valence-corrected chi connectivity index (χ0v) is 16.1. The predicted octanol–water partition coefficient (Wildman–Crippen LogP) is 4.38. The molecule has 140 valence electrons. The van der Waals surface area contributed by atoms with Crippen LogP contribution in [-0.2, 0) is 10.8 Å². The maximum atomic E-state index is 12.7. The van der Waals surface area contributed by atoms with Gasteiger partial charge in [-0.25, -0.2) is 4.98 Å². The van der Waals surface area contributed by atoms with E-state index in [2.05, 4.69) is 10.3 Å². The third-order valence-electron chi connectivity index (χ3n) is 4.44. The first kappa shape index (κ1) is 18.1. The molecule has 1 amide bonds. The zero-order chi connectivity index (χ0) is 19.5. The first-order chi connectivity index (χ1) is 13.7. The predicted molar refractivity (Wildman–Crippen MR) is 112 cm³/mol. The Bertz CT molecular complexity index is 1130. The fourth-order valence-electron chi connectivity index (χ4n) is 3.00. The van der Waals surface area contributed by atoms with Crippen LogP contribution in [-0.4, -0.2) is 25.3 Å². The quantitative estimate of drug-likeness (QED) is 0.551. The van der Waals surface area contributed by atoms with Crippen molar-refractivity contribution in [3.63, 3.8) is 0 Å². The number of benzene rings is 2. The number of hydrogen-bond donors (Lipinski definition) is 1. The topological polar surface area (TPSA) is 63.5 Å². The second-order valence-corrected chi connectivity index (χ2v) is 7.96. The number of imidazole rings is 1. The Morgan fingerprint density at radius 1 is 1.04 bits per heavy atom. The third-order valence-corrected chi connectivity index (χ3v) is 5.81. The SMILES string of the molecule is CC[S@](=O)c1ccccc1C(=O)Nc1ccc(-c2cn3ccccc3n2)cc1. The summed E-state index contributed by atoms with van der Waals surface area (Å²) in [6.07, 6.45) is 3.93. The van der Waals surface area contributed by atoms with Gasteiger partial charge in [0.05, 0.1) is 27.0 Å². The van der Waals surface area contributed by atoms with Gasteiger partial charge in [0.25, 0.3) is 5.91 Å². The van der Waals surface area contributed by atoms with Crippen LogP contribution in [0.25, 0.3) is 16.9 Å². The van der Waals surface area contributed by atoms with Crippen molar-refractivity contribution in [2.45, 2.75) is 11.8 Å². The Morgan fingerprint density at radius 2 is 1.79 bits per heavy atom. The Hall–Kier alpha value is -3.25. The van der Waals surface area contributed by atoms with Crippen LogP contribution in [0.3, 0.4) is 0 Å². The standard InChI is InChI=1S/C22H19N3O2S/c1-2-28(27)20-8-4-3-7-18(20)22(26)23-17-12-10-16(11-13-17)19-15-25-14-6-5-9-21(25)24-19/h3-15H,2H2,1H3,(H,23,26)/t28-/m0/s1. The fourth-order valence-corrected chi connectivity index (χ4v) is 3.95. The van der Waals surface area contributed by atoms with Gasteiger partial charge in [-0.15, -0.1) is 0 Å². The van der Waals surface area contributed by atoms with Crippen molar-refractivity contribution in [3.8, 4) is 11.3 Å². The molecule has 0 aliphatic rings. The summed E-state index contributed by atoms with van der Waals surface area (Å²) < 4.78 is 14.2. The fraction of sp³-hybridized carbons (Fsp3) is 0.0909. The van der Waals surface area contributed by atoms with Crippen LogP contribution in [0.15, 0.2) is 84.0 Å². The van der Waals surface area contributed by atoms with Gasteiger partial charge in [0, 0.05) is 29.4 Å². The van der Waals surface area contributed by atoms with Gasteiger partial charge in [-0.2, -0.15) is 0 Å². The number of rotatable bonds is 5. The first-order valence-electron chi connectivity index (χ1n) is 8.98. The summed E-state index contributed by atoms with van der Waals surface area (Å²) >= 11 is 0. The van der Waals surface area contributed by atoms with E-state index in [1.807, 2.05) is 66.2 Å². The number of anilines is 1. The van der Waals surface area contributed by atoms with E-state index in [1.165, 1.54) is 0 Å². The zero-order valence-electron chi connectivity index (χ0n) is 15.3. The van der Waals surface area contributed by atoms with Gasteiger partial charge in [-0.3, -0.25) is 9.00 Å². The molecule has 2 heterocycles. The highest BCUT2D eigenvalue weighted by Crippen LogP contribution is 2.22. The molecular weight excluding hydrogens is 370 g/mol. The molecule has 0 fully saturated rings. The lowest BCUT2D eigenvalue weighted by Crippen LogP contribution is -2.15. The van der Waals surface area contributed by atoms with Crippen molar-refractivity contribution in [2.24, 2.45) is 0 Å². The number of amides is 1. The molecule has 1 atom stereocenters. The summed E-state index contributed by atoms with van der Waals surface area (Å²) in [4.78, 5) is 17.8. The molecule has 0 bridgehead atoms. The number of nitrogens with zero attached hydrogens (tertiary/aromatic N) is 2. The highest BCUT2D eigenvalue weighted by Gasteiger charge is 2.15. The molecule has 0 saturated carbocycles. The van der Waals surface area contributed by atoms with Crippen LogP contribution in [0.2, 0.25) is 0 Å². The molecule has 0 radical (unpaired) electrons. The number of carbonyl (C=O) groups is 1. The van der Waals surface area contributed by atoms with Crippen LogP contribution in [0.5, 0.6) is 0 Å². The van der Waals surface area contributed by atoms with E-state index in [1.54, 1.807) is 24.3 Å². The molecule has 1 N–H and O–H groups in total. The van der Waals surface area contributed by atoms with E-state index >= 15 is 0 Å². The average Bonchev–Trinajstić information content (AvgIpc) is 3.18. The van der Waals surface area contributed by atoms with Gasteiger partial charge >= 0.3 is 0 Å². The Labute approximate surface area is 165 Å². The summed E-state index contributed by atoms with van der Waals surface area (Å²) in [7, 11) is -1.19. The second-order valence-electron chi connectivity index (χ2n) is 6.25. The molecule has 28 heavy (non-hydrogen) atoms. The van der Waals surface area contributed by atoms with Gasteiger partial charge < -0.3 is 9.72 Å². The molecule has 2 aromatic carbocycles. The van der Waals surface area contributed by atoms with E-state index in [9.17, 15) is 9.00 Å². The second kappa shape index (κ2) is 7.78. The highest BCUT2D eigenvalue weighted by molar-refractivity contribution is 7.85. The lowest BCUT2D eigenvalue weighted by Gasteiger charge is -2.09. The first-order valence-corrected chi connectivity index (χ1v) is 10.3. The highest BCUT2D eigenvalue weighted by atomic mass is 32.2. The molecule has 0 aliphatic carbocycles. The van der Waals surface area contributed by atoms with Crippen LogP contribution in [0, 0.1) is 0 Å². The molecule has 0 saturated heterocycles. The molecule has 4 aromatic rings. The number of carbonyl (C=O) groups excluding carboxylic acids is 1. The molecule has 0 spiro atoms. The van der Waals surface area contributed by atoms with Crippen LogP contribution in [0.1, 0.15) is 17.3 Å². The summed E-state index contributed by atoms with van der Waals surface area (Å²) in [5.41, 5.74) is 3.83. The monoisotopic (exact) mass is 389 g/mol. The lowest BCUT2D eigenvalue weighted by atomic mass is 10.1. The van der Waals surface area contributed by atoms with Crippen molar-refractivity contribution < 1.29 is 9.00 Å². The van der Waals surface area contributed by atoms with E-state index < -0.39 is 10.8 Å². The molecular formula is C22H19N3O2S. The Balaban J connectivity index is 1.55. The number of hydrogen-bond acceptors (Lipinski definition) is 3. The van der Waals surface area contributed by atoms with Crippen LogP contribution in [0.4, 0.5) is 5.69 Å². The average molecular weight is 389 g/mol. The van der Waals surface area contributed by atoms with Gasteiger partial charge in [-0.05, 0) is 36.4 Å². The van der Waals surface area contributed by atoms with Crippen molar-refractivity contribution in [3.05, 3.63) is 84.7 Å². The normalized spacial score (nSPS) is 12.0. The lowest BCUT2D eigenvalue weighted by molar-refractivity contribution is 0.102. The van der Waals surface area contributed by atoms with Crippen molar-refractivity contribution in [2.75, 3.05) is 11.1 Å². The number of nitrogens with one attached hydrogen (secondary N) is 1. The van der Waals surface area contributed by atoms with E-state index in [4.69, 9.17) is 0 Å². The minimum absolute atomic E-state index is 0.266. The van der Waals surface area contributed by atoms with Crippen molar-refractivity contribution in [1.29, 1.82) is 0 Å². The summed E-state index contributed by atoms with van der Waals surface area (Å²) in [5, 5.41) is 2.88. The summed E-state index contributed by atoms with van der Waals surface area (Å²) in [6.45, 7) is 1.84. The maximum Gasteiger partial charge on any atom is 0.256 e. The van der Waals surface area contributed by atoms with Crippen molar-refractivity contribution >= 4 is 28.0 Å². The summed E-state index contributed by atoms with van der Waals surface area (Å²) in [5.74, 6) is 0.204.